The smallest absolute Gasteiger partial charge is 0.320 e. The number of carbonyl (C=O) groups excluding carboxylic acids is 6. The zero-order chi connectivity index (χ0) is 46.0. The molecular weight excluding hydrogens is 841 g/mol. The number of carbonyl (C=O) groups is 6. The monoisotopic (exact) mass is 902 g/mol. The van der Waals surface area contributed by atoms with Crippen molar-refractivity contribution < 1.29 is 33.5 Å². The van der Waals surface area contributed by atoms with Crippen LogP contribution < -0.4 is 20.9 Å². The zero-order valence-electron chi connectivity index (χ0n) is 38.0. The van der Waals surface area contributed by atoms with Gasteiger partial charge in [0.05, 0.1) is 31.0 Å². The molecule has 350 valence electrons. The number of urea groups is 1. The van der Waals surface area contributed by atoms with Crippen molar-refractivity contribution in [1.29, 1.82) is 0 Å². The van der Waals surface area contributed by atoms with Crippen molar-refractivity contribution in [2.75, 3.05) is 82.4 Å². The molecule has 0 saturated carbocycles. The molecule has 0 radical (unpaired) electrons. The summed E-state index contributed by atoms with van der Waals surface area (Å²) in [5.74, 6) is -0.646. The highest BCUT2D eigenvalue weighted by Crippen LogP contribution is 2.42. The van der Waals surface area contributed by atoms with E-state index in [4.69, 9.17) is 15.5 Å². The quantitative estimate of drug-likeness (QED) is 0.178. The van der Waals surface area contributed by atoms with Crippen molar-refractivity contribution in [3.05, 3.63) is 82.3 Å². The fourth-order valence-electron chi connectivity index (χ4n) is 11.0. The van der Waals surface area contributed by atoms with Crippen LogP contribution in [0, 0.1) is 5.41 Å². The van der Waals surface area contributed by atoms with Gasteiger partial charge in [0.2, 0.25) is 17.7 Å². The Labute approximate surface area is 386 Å². The Balaban J connectivity index is 0.694. The first-order valence-electron chi connectivity index (χ1n) is 23.8. The predicted molar refractivity (Wildman–Crippen MR) is 246 cm³/mol. The number of benzene rings is 2. The maximum Gasteiger partial charge on any atom is 0.320 e. The summed E-state index contributed by atoms with van der Waals surface area (Å²) in [7, 11) is 1.84. The molecule has 2 atom stereocenters. The summed E-state index contributed by atoms with van der Waals surface area (Å²) in [6, 6.07) is 13.7. The zero-order valence-corrected chi connectivity index (χ0v) is 38.0. The number of imide groups is 1. The molecule has 1 spiro atoms. The highest BCUT2D eigenvalue weighted by molar-refractivity contribution is 6.05. The number of piperidine rings is 4. The summed E-state index contributed by atoms with van der Waals surface area (Å²) in [5.41, 5.74) is 11.5. The molecule has 17 heteroatoms. The number of fused-ring (bicyclic) bond motifs is 1. The van der Waals surface area contributed by atoms with Crippen LogP contribution in [0.4, 0.5) is 16.3 Å². The molecule has 3 N–H and O–H groups in total. The van der Waals surface area contributed by atoms with E-state index in [1.807, 2.05) is 29.0 Å². The molecule has 6 aliphatic heterocycles. The molecule has 2 aromatic carbocycles. The van der Waals surface area contributed by atoms with E-state index in [1.54, 1.807) is 22.1 Å². The molecule has 1 aromatic heterocycles. The number of hydrogen-bond donors (Lipinski definition) is 2. The summed E-state index contributed by atoms with van der Waals surface area (Å²) >= 11 is 0. The summed E-state index contributed by atoms with van der Waals surface area (Å²) in [6.07, 6.45) is 10.5. The van der Waals surface area contributed by atoms with Gasteiger partial charge in [-0.2, -0.15) is 0 Å². The molecule has 3 aromatic rings. The van der Waals surface area contributed by atoms with Crippen molar-refractivity contribution in [3.63, 3.8) is 0 Å². The minimum absolute atomic E-state index is 0.0717. The predicted octanol–water partition coefficient (Wildman–Crippen LogP) is 3.51. The molecule has 66 heavy (non-hydrogen) atoms. The molecule has 9 rings (SSSR count). The first-order chi connectivity index (χ1) is 31.9. The third-order valence-electron chi connectivity index (χ3n) is 15.0. The lowest BCUT2D eigenvalue weighted by molar-refractivity contribution is -0.137. The Hall–Kier alpha value is -6.10. The highest BCUT2D eigenvalue weighted by atomic mass is 16.5. The molecule has 5 saturated heterocycles. The van der Waals surface area contributed by atoms with Gasteiger partial charge in [-0.25, -0.2) is 14.8 Å². The van der Waals surface area contributed by atoms with Crippen LogP contribution in [0.5, 0.6) is 0 Å². The van der Waals surface area contributed by atoms with E-state index < -0.39 is 17.9 Å². The molecule has 7 amide bonds. The molecular formula is C49H62N10O7. The fourth-order valence-corrected chi connectivity index (χ4v) is 11.0. The maximum absolute atomic E-state index is 13.2. The SMILES string of the molecule is CN1CCN([C@@H]2CCCN(c3cnc(C(N)=O)c(Cc4ccc(N5CCC6(CCN(C(=O)CCOCCCc7cccc8c7CN(C7CCC(=O)NC7=O)C8=O)CC6)CC5)cc4)n3)C2)C1=O. The van der Waals surface area contributed by atoms with Crippen LogP contribution in [0.2, 0.25) is 0 Å². The van der Waals surface area contributed by atoms with E-state index in [-0.39, 0.29) is 47.3 Å². The number of rotatable bonds is 14. The van der Waals surface area contributed by atoms with E-state index >= 15 is 0 Å². The van der Waals surface area contributed by atoms with Crippen molar-refractivity contribution in [2.24, 2.45) is 11.1 Å². The molecule has 17 nitrogen and oxygen atoms in total. The van der Waals surface area contributed by atoms with Crippen LogP contribution >= 0.6 is 0 Å². The van der Waals surface area contributed by atoms with E-state index in [0.29, 0.717) is 62.6 Å². The normalized spacial score (nSPS) is 22.1. The number of amides is 7. The van der Waals surface area contributed by atoms with Gasteiger partial charge in [-0.05, 0) is 98.1 Å². The molecule has 6 aliphatic rings. The number of primary amides is 1. The van der Waals surface area contributed by atoms with E-state index in [2.05, 4.69) is 44.4 Å². The number of nitrogens with zero attached hydrogens (tertiary/aromatic N) is 8. The second-order valence-corrected chi connectivity index (χ2v) is 19.0. The standard InChI is InChI=1S/C49H62N10O7/c1-54-25-26-58(48(54)65)36-7-3-20-57(31-36)41-30-51-44(45(50)62)39(52-41)29-33-9-11-35(12-10-33)55-21-16-49(17-22-55)18-23-56(24-19-49)43(61)15-28-66-27-4-6-34-5-2-8-37-38(34)32-59(47(37)64)40-13-14-42(60)53-46(40)63/h2,5,8-12,30,36,40H,3-4,6-7,13-29,31-32H2,1H3,(H2,50,62)(H,53,60,63)/t36-,40?/m1/s1. The number of aryl methyl sites for hydroxylation is 1. The van der Waals surface area contributed by atoms with Crippen LogP contribution in [0.1, 0.15) is 107 Å². The van der Waals surface area contributed by atoms with Crippen molar-refractivity contribution in [3.8, 4) is 0 Å². The van der Waals surface area contributed by atoms with Crippen molar-refractivity contribution >= 4 is 47.1 Å². The van der Waals surface area contributed by atoms with Crippen molar-refractivity contribution in [2.45, 2.75) is 95.7 Å². The summed E-state index contributed by atoms with van der Waals surface area (Å²) < 4.78 is 5.91. The van der Waals surface area contributed by atoms with Crippen LogP contribution in [-0.4, -0.2) is 150 Å². The second-order valence-electron chi connectivity index (χ2n) is 19.0. The Kier molecular flexibility index (Phi) is 13.2. The second kappa shape index (κ2) is 19.4. The number of likely N-dealkylation sites (N-methyl/N-ethyl adjacent to an activating group) is 1. The minimum atomic E-state index is -0.634. The summed E-state index contributed by atoms with van der Waals surface area (Å²) in [4.78, 5) is 96.9. The van der Waals surface area contributed by atoms with E-state index in [1.165, 1.54) is 0 Å². The first-order valence-corrected chi connectivity index (χ1v) is 23.8. The van der Waals surface area contributed by atoms with Gasteiger partial charge in [0.25, 0.3) is 11.8 Å². The maximum atomic E-state index is 13.2. The Morgan fingerprint density at radius 3 is 2.38 bits per heavy atom. The Morgan fingerprint density at radius 2 is 1.65 bits per heavy atom. The number of nitrogens with two attached hydrogens (primary N) is 1. The summed E-state index contributed by atoms with van der Waals surface area (Å²) in [5, 5.41) is 2.36. The highest BCUT2D eigenvalue weighted by Gasteiger charge is 2.41. The lowest BCUT2D eigenvalue weighted by Crippen LogP contribution is -2.52. The minimum Gasteiger partial charge on any atom is -0.381 e. The van der Waals surface area contributed by atoms with Crippen LogP contribution in [0.15, 0.2) is 48.7 Å². The fraction of sp³-hybridized carbons (Fsp3) is 0.551. The number of likely N-dealkylation sites (tertiary alicyclic amines) is 1. The Bertz CT molecular complexity index is 2340. The number of anilines is 2. The lowest BCUT2D eigenvalue weighted by atomic mass is 9.71. The number of aromatic nitrogens is 2. The van der Waals surface area contributed by atoms with Gasteiger partial charge >= 0.3 is 6.03 Å². The van der Waals surface area contributed by atoms with E-state index in [0.717, 1.165) is 120 Å². The third kappa shape index (κ3) is 9.58. The topological polar surface area (TPSA) is 195 Å². The number of nitrogens with one attached hydrogen (secondary N) is 1. The molecule has 7 heterocycles. The lowest BCUT2D eigenvalue weighted by Gasteiger charge is -2.47. The summed E-state index contributed by atoms with van der Waals surface area (Å²) in [6.45, 7) is 7.63. The van der Waals surface area contributed by atoms with Gasteiger partial charge in [0, 0.05) is 96.6 Å². The van der Waals surface area contributed by atoms with Gasteiger partial charge in [-0.1, -0.05) is 24.3 Å². The Morgan fingerprint density at radius 1 is 0.879 bits per heavy atom. The molecule has 0 aliphatic carbocycles. The molecule has 1 unspecified atom stereocenters. The average Bonchev–Trinajstić information content (AvgIpc) is 3.85. The first kappa shape index (κ1) is 45.1. The van der Waals surface area contributed by atoms with Gasteiger partial charge < -0.3 is 39.9 Å². The van der Waals surface area contributed by atoms with Gasteiger partial charge in [0.15, 0.2) is 0 Å². The van der Waals surface area contributed by atoms with Crippen LogP contribution in [-0.2, 0) is 38.5 Å². The molecule has 0 bridgehead atoms. The third-order valence-corrected chi connectivity index (χ3v) is 15.0. The van der Waals surface area contributed by atoms with Gasteiger partial charge in [-0.3, -0.25) is 29.3 Å². The number of ether oxygens (including phenoxy) is 1. The average molecular weight is 903 g/mol. The van der Waals surface area contributed by atoms with Crippen molar-refractivity contribution in [1.82, 2.24) is 34.9 Å². The van der Waals surface area contributed by atoms with Gasteiger partial charge in [-0.15, -0.1) is 0 Å². The van der Waals surface area contributed by atoms with E-state index in [9.17, 15) is 28.8 Å². The largest absolute Gasteiger partial charge is 0.381 e. The van der Waals surface area contributed by atoms with Crippen LogP contribution in [0.3, 0.4) is 0 Å². The molecule has 5 fully saturated rings. The van der Waals surface area contributed by atoms with Crippen LogP contribution in [0.25, 0.3) is 0 Å². The number of hydrogen-bond acceptors (Lipinski definition) is 11. The van der Waals surface area contributed by atoms with Gasteiger partial charge in [0.1, 0.15) is 17.6 Å².